The topological polar surface area (TPSA) is 75.4 Å². The third-order valence-electron chi connectivity index (χ3n) is 3.59. The molecule has 1 heterocycles. The van der Waals surface area contributed by atoms with Crippen molar-refractivity contribution in [3.05, 3.63) is 0 Å². The lowest BCUT2D eigenvalue weighted by molar-refractivity contribution is -0.135. The number of nitrogens with two attached hydrogens (primary N) is 1. The van der Waals surface area contributed by atoms with Gasteiger partial charge in [-0.1, -0.05) is 0 Å². The molecule has 0 saturated carbocycles. The van der Waals surface area contributed by atoms with Gasteiger partial charge >= 0.3 is 0 Å². The first kappa shape index (κ1) is 17.3. The van der Waals surface area contributed by atoms with E-state index in [0.29, 0.717) is 25.9 Å². The molecule has 0 aromatic carbocycles. The van der Waals surface area contributed by atoms with Crippen LogP contribution in [0.4, 0.5) is 0 Å². The van der Waals surface area contributed by atoms with Gasteiger partial charge in [-0.05, 0) is 37.7 Å². The van der Waals surface area contributed by atoms with Gasteiger partial charge in [-0.3, -0.25) is 9.59 Å². The summed E-state index contributed by atoms with van der Waals surface area (Å²) in [5.41, 5.74) is 5.35. The summed E-state index contributed by atoms with van der Waals surface area (Å²) in [5.74, 6) is 1.24. The zero-order valence-electron chi connectivity index (χ0n) is 12.4. The van der Waals surface area contributed by atoms with E-state index in [1.54, 1.807) is 11.8 Å². The van der Waals surface area contributed by atoms with E-state index in [1.165, 1.54) is 0 Å². The molecule has 0 spiro atoms. The van der Waals surface area contributed by atoms with E-state index < -0.39 is 0 Å². The van der Waals surface area contributed by atoms with E-state index in [-0.39, 0.29) is 17.9 Å². The first-order valence-electron chi connectivity index (χ1n) is 7.44. The van der Waals surface area contributed by atoms with Crippen LogP contribution in [0.2, 0.25) is 0 Å². The van der Waals surface area contributed by atoms with Crippen LogP contribution >= 0.6 is 11.8 Å². The minimum Gasteiger partial charge on any atom is -0.354 e. The summed E-state index contributed by atoms with van der Waals surface area (Å²) < 4.78 is 0. The molecule has 0 aliphatic carbocycles. The molecule has 1 saturated heterocycles. The van der Waals surface area contributed by atoms with Gasteiger partial charge in [-0.15, -0.1) is 0 Å². The molecule has 0 aromatic heterocycles. The Morgan fingerprint density at radius 3 is 2.85 bits per heavy atom. The SMILES string of the molecule is CSCCCC(=O)N1CCCCC1CNC(=O)CCN. The normalized spacial score (nSPS) is 18.9. The number of amides is 2. The van der Waals surface area contributed by atoms with Crippen molar-refractivity contribution in [1.82, 2.24) is 10.2 Å². The zero-order valence-corrected chi connectivity index (χ0v) is 13.2. The third-order valence-corrected chi connectivity index (χ3v) is 4.29. The molecule has 6 heteroatoms. The molecular formula is C14H27N3O2S. The van der Waals surface area contributed by atoms with Crippen molar-refractivity contribution >= 4 is 23.6 Å². The molecule has 0 aromatic rings. The summed E-state index contributed by atoms with van der Waals surface area (Å²) in [6, 6.07) is 0.159. The number of piperidine rings is 1. The van der Waals surface area contributed by atoms with Crippen molar-refractivity contribution in [3.63, 3.8) is 0 Å². The fourth-order valence-electron chi connectivity index (χ4n) is 2.50. The molecule has 1 unspecified atom stereocenters. The van der Waals surface area contributed by atoms with E-state index in [4.69, 9.17) is 5.73 Å². The molecule has 2 amide bonds. The molecule has 3 N–H and O–H groups in total. The Morgan fingerprint density at radius 1 is 1.35 bits per heavy atom. The molecule has 1 aliphatic rings. The summed E-state index contributed by atoms with van der Waals surface area (Å²) >= 11 is 1.77. The van der Waals surface area contributed by atoms with Crippen molar-refractivity contribution in [2.24, 2.45) is 5.73 Å². The van der Waals surface area contributed by atoms with Crippen molar-refractivity contribution < 1.29 is 9.59 Å². The van der Waals surface area contributed by atoms with E-state index >= 15 is 0 Å². The molecule has 1 aliphatic heterocycles. The predicted molar refractivity (Wildman–Crippen MR) is 83.6 cm³/mol. The fourth-order valence-corrected chi connectivity index (χ4v) is 2.94. The number of thioether (sulfide) groups is 1. The lowest BCUT2D eigenvalue weighted by Crippen LogP contribution is -2.49. The third kappa shape index (κ3) is 6.13. The number of rotatable bonds is 8. The molecule has 1 rings (SSSR count). The Balaban J connectivity index is 2.40. The van der Waals surface area contributed by atoms with Gasteiger partial charge in [0.15, 0.2) is 0 Å². The van der Waals surface area contributed by atoms with Gasteiger partial charge < -0.3 is 16.0 Å². The van der Waals surface area contributed by atoms with Crippen LogP contribution in [0.25, 0.3) is 0 Å². The number of likely N-dealkylation sites (tertiary alicyclic amines) is 1. The van der Waals surface area contributed by atoms with Gasteiger partial charge in [0, 0.05) is 38.5 Å². The van der Waals surface area contributed by atoms with Crippen molar-refractivity contribution in [1.29, 1.82) is 0 Å². The lowest BCUT2D eigenvalue weighted by Gasteiger charge is -2.36. The van der Waals surface area contributed by atoms with Crippen LogP contribution in [0, 0.1) is 0 Å². The van der Waals surface area contributed by atoms with E-state index in [0.717, 1.165) is 38.0 Å². The summed E-state index contributed by atoms with van der Waals surface area (Å²) in [5, 5.41) is 2.89. The van der Waals surface area contributed by atoms with Gasteiger partial charge in [-0.2, -0.15) is 11.8 Å². The average molecular weight is 301 g/mol. The molecule has 5 nitrogen and oxygen atoms in total. The standard InChI is InChI=1S/C14H27N3O2S/c1-20-10-4-6-14(19)17-9-3-2-5-12(17)11-16-13(18)7-8-15/h12H,2-11,15H2,1H3,(H,16,18). The number of carbonyl (C=O) groups excluding carboxylic acids is 2. The zero-order chi connectivity index (χ0) is 14.8. The van der Waals surface area contributed by atoms with Crippen molar-refractivity contribution in [2.75, 3.05) is 31.6 Å². The van der Waals surface area contributed by atoms with Gasteiger partial charge in [0.1, 0.15) is 0 Å². The highest BCUT2D eigenvalue weighted by Gasteiger charge is 2.26. The molecule has 1 atom stereocenters. The van der Waals surface area contributed by atoms with Crippen LogP contribution in [-0.2, 0) is 9.59 Å². The Kier molecular flexibility index (Phi) is 8.69. The second kappa shape index (κ2) is 10.0. The second-order valence-corrected chi connectivity index (χ2v) is 6.16. The summed E-state index contributed by atoms with van der Waals surface area (Å²) in [4.78, 5) is 25.7. The maximum absolute atomic E-state index is 12.2. The highest BCUT2D eigenvalue weighted by molar-refractivity contribution is 7.98. The number of nitrogens with one attached hydrogen (secondary N) is 1. The molecule has 20 heavy (non-hydrogen) atoms. The van der Waals surface area contributed by atoms with Crippen molar-refractivity contribution in [3.8, 4) is 0 Å². The quantitative estimate of drug-likeness (QED) is 0.655. The van der Waals surface area contributed by atoms with Crippen LogP contribution in [0.5, 0.6) is 0 Å². The Morgan fingerprint density at radius 2 is 2.15 bits per heavy atom. The van der Waals surface area contributed by atoms with Crippen LogP contribution in [-0.4, -0.2) is 54.4 Å². The number of carbonyl (C=O) groups is 2. The summed E-state index contributed by atoms with van der Waals surface area (Å²) in [6.45, 7) is 1.76. The monoisotopic (exact) mass is 301 g/mol. The Bertz CT molecular complexity index is 313. The number of hydrogen-bond acceptors (Lipinski definition) is 4. The van der Waals surface area contributed by atoms with Gasteiger partial charge in [0.2, 0.25) is 11.8 Å². The maximum Gasteiger partial charge on any atom is 0.222 e. The molecule has 1 fully saturated rings. The fraction of sp³-hybridized carbons (Fsp3) is 0.857. The minimum absolute atomic E-state index is 0.0205. The van der Waals surface area contributed by atoms with E-state index in [1.807, 2.05) is 4.90 Å². The van der Waals surface area contributed by atoms with Gasteiger partial charge in [0.05, 0.1) is 0 Å². The number of hydrogen-bond donors (Lipinski definition) is 2. The Labute approximate surface area is 126 Å². The van der Waals surface area contributed by atoms with Crippen LogP contribution in [0.1, 0.15) is 38.5 Å². The molecule has 0 radical (unpaired) electrons. The highest BCUT2D eigenvalue weighted by Crippen LogP contribution is 2.18. The molecular weight excluding hydrogens is 274 g/mol. The Hall–Kier alpha value is -0.750. The van der Waals surface area contributed by atoms with Crippen LogP contribution in [0.15, 0.2) is 0 Å². The highest BCUT2D eigenvalue weighted by atomic mass is 32.2. The summed E-state index contributed by atoms with van der Waals surface area (Å²) in [6.07, 6.45) is 7.15. The van der Waals surface area contributed by atoms with Crippen LogP contribution in [0.3, 0.4) is 0 Å². The van der Waals surface area contributed by atoms with Gasteiger partial charge in [-0.25, -0.2) is 0 Å². The molecule has 0 bridgehead atoms. The maximum atomic E-state index is 12.2. The largest absolute Gasteiger partial charge is 0.354 e. The predicted octanol–water partition coefficient (Wildman–Crippen LogP) is 0.976. The lowest BCUT2D eigenvalue weighted by atomic mass is 10.0. The van der Waals surface area contributed by atoms with Crippen LogP contribution < -0.4 is 11.1 Å². The summed E-state index contributed by atoms with van der Waals surface area (Å²) in [7, 11) is 0. The van der Waals surface area contributed by atoms with Gasteiger partial charge in [0.25, 0.3) is 0 Å². The smallest absolute Gasteiger partial charge is 0.222 e. The molecule has 116 valence electrons. The first-order valence-corrected chi connectivity index (χ1v) is 8.83. The van der Waals surface area contributed by atoms with E-state index in [2.05, 4.69) is 11.6 Å². The first-order chi connectivity index (χ1) is 9.69. The van der Waals surface area contributed by atoms with E-state index in [9.17, 15) is 9.59 Å². The minimum atomic E-state index is -0.0205. The number of nitrogens with zero attached hydrogens (tertiary/aromatic N) is 1. The van der Waals surface area contributed by atoms with Crippen molar-refractivity contribution in [2.45, 2.75) is 44.6 Å². The average Bonchev–Trinajstić information content (AvgIpc) is 2.46. The second-order valence-electron chi connectivity index (χ2n) is 5.18.